The van der Waals surface area contributed by atoms with E-state index in [9.17, 15) is 0 Å². The molecule has 1 heterocycles. The van der Waals surface area contributed by atoms with Crippen molar-refractivity contribution < 1.29 is 0 Å². The molecule has 0 aliphatic rings. The molecule has 1 aromatic carbocycles. The molecule has 0 aliphatic heterocycles. The number of nitrogen functional groups attached to an aromatic ring is 1. The maximum atomic E-state index is 5.58. The van der Waals surface area contributed by atoms with Gasteiger partial charge in [0.05, 0.1) is 5.52 Å². The summed E-state index contributed by atoms with van der Waals surface area (Å²) in [6.45, 7) is 6.68. The smallest absolute Gasteiger partial charge is 0.220 e. The number of benzene rings is 1. The lowest BCUT2D eigenvalue weighted by Crippen LogP contribution is -2.09. The van der Waals surface area contributed by atoms with Crippen molar-refractivity contribution in [3.8, 4) is 0 Å². The minimum absolute atomic E-state index is 0.284. The molecule has 1 aromatic heterocycles. The topological polar surface area (TPSA) is 51.8 Å². The second-order valence-corrected chi connectivity index (χ2v) is 5.36. The highest BCUT2D eigenvalue weighted by Gasteiger charge is 2.11. The molecular weight excluding hydrogens is 198 g/mol. The Kier molecular flexibility index (Phi) is 2.54. The van der Waals surface area contributed by atoms with E-state index in [2.05, 4.69) is 48.9 Å². The number of rotatable bonds is 1. The third kappa shape index (κ3) is 2.48. The first-order chi connectivity index (χ1) is 7.44. The Labute approximate surface area is 95.7 Å². The highest BCUT2D eigenvalue weighted by molar-refractivity contribution is 5.79. The summed E-state index contributed by atoms with van der Waals surface area (Å²) >= 11 is 0. The minimum Gasteiger partial charge on any atom is -0.368 e. The van der Waals surface area contributed by atoms with Crippen LogP contribution in [0.15, 0.2) is 24.4 Å². The van der Waals surface area contributed by atoms with Crippen LogP contribution >= 0.6 is 0 Å². The maximum absolute atomic E-state index is 5.58. The fraction of sp³-hybridized carbons (Fsp3) is 0.385. The van der Waals surface area contributed by atoms with Gasteiger partial charge >= 0.3 is 0 Å². The lowest BCUT2D eigenvalue weighted by atomic mass is 9.88. The van der Waals surface area contributed by atoms with Crippen LogP contribution < -0.4 is 5.73 Å². The molecule has 0 spiro atoms. The SMILES string of the molecule is CC(C)(C)Cc1ccc2cnc(N)nc2c1. The predicted molar refractivity (Wildman–Crippen MR) is 67.1 cm³/mol. The van der Waals surface area contributed by atoms with Crippen LogP contribution in [-0.2, 0) is 6.42 Å². The summed E-state index contributed by atoms with van der Waals surface area (Å²) in [5.74, 6) is 0.334. The molecule has 0 saturated heterocycles. The molecule has 0 saturated carbocycles. The number of hydrogen-bond acceptors (Lipinski definition) is 3. The van der Waals surface area contributed by atoms with Gasteiger partial charge in [-0.25, -0.2) is 9.97 Å². The highest BCUT2D eigenvalue weighted by Crippen LogP contribution is 2.22. The highest BCUT2D eigenvalue weighted by atomic mass is 15.0. The van der Waals surface area contributed by atoms with Gasteiger partial charge in [-0.3, -0.25) is 0 Å². The van der Waals surface area contributed by atoms with Crippen LogP contribution in [0.4, 0.5) is 5.95 Å². The van der Waals surface area contributed by atoms with Crippen molar-refractivity contribution in [2.45, 2.75) is 27.2 Å². The van der Waals surface area contributed by atoms with Gasteiger partial charge in [-0.05, 0) is 23.5 Å². The Hall–Kier alpha value is -1.64. The summed E-state index contributed by atoms with van der Waals surface area (Å²) < 4.78 is 0. The van der Waals surface area contributed by atoms with Gasteiger partial charge in [0.25, 0.3) is 0 Å². The van der Waals surface area contributed by atoms with Gasteiger partial charge in [0.15, 0.2) is 0 Å². The second kappa shape index (κ2) is 3.74. The van der Waals surface area contributed by atoms with Crippen molar-refractivity contribution >= 4 is 16.9 Å². The molecule has 2 rings (SSSR count). The summed E-state index contributed by atoms with van der Waals surface area (Å²) in [4.78, 5) is 8.21. The quantitative estimate of drug-likeness (QED) is 0.795. The van der Waals surface area contributed by atoms with E-state index >= 15 is 0 Å². The van der Waals surface area contributed by atoms with Crippen LogP contribution in [-0.4, -0.2) is 9.97 Å². The molecule has 3 heteroatoms. The van der Waals surface area contributed by atoms with Gasteiger partial charge in [0, 0.05) is 11.6 Å². The molecule has 0 unspecified atom stereocenters. The molecule has 3 nitrogen and oxygen atoms in total. The molecule has 0 aliphatic carbocycles. The Morgan fingerprint density at radius 3 is 2.69 bits per heavy atom. The zero-order chi connectivity index (χ0) is 11.8. The normalized spacial score (nSPS) is 11.9. The van der Waals surface area contributed by atoms with E-state index in [1.165, 1.54) is 5.56 Å². The first kappa shape index (κ1) is 10.9. The lowest BCUT2D eigenvalue weighted by Gasteiger charge is -2.18. The van der Waals surface area contributed by atoms with Crippen molar-refractivity contribution in [2.75, 3.05) is 5.73 Å². The molecule has 0 bridgehead atoms. The van der Waals surface area contributed by atoms with Crippen LogP contribution in [0.5, 0.6) is 0 Å². The third-order valence-electron chi connectivity index (χ3n) is 2.40. The second-order valence-electron chi connectivity index (χ2n) is 5.36. The first-order valence-corrected chi connectivity index (χ1v) is 5.45. The van der Waals surface area contributed by atoms with Crippen molar-refractivity contribution in [1.29, 1.82) is 0 Å². The van der Waals surface area contributed by atoms with E-state index in [0.29, 0.717) is 5.95 Å². The molecule has 16 heavy (non-hydrogen) atoms. The number of aromatic nitrogens is 2. The molecule has 0 atom stereocenters. The molecule has 0 radical (unpaired) electrons. The van der Waals surface area contributed by atoms with Crippen LogP contribution in [0.25, 0.3) is 10.9 Å². The van der Waals surface area contributed by atoms with Crippen molar-refractivity contribution in [3.63, 3.8) is 0 Å². The molecular formula is C13H17N3. The Bertz CT molecular complexity index is 512. The largest absolute Gasteiger partial charge is 0.368 e. The lowest BCUT2D eigenvalue weighted by molar-refractivity contribution is 0.411. The fourth-order valence-corrected chi connectivity index (χ4v) is 1.81. The molecule has 0 amide bonds. The number of anilines is 1. The Morgan fingerprint density at radius 1 is 1.25 bits per heavy atom. The number of fused-ring (bicyclic) bond motifs is 1. The summed E-state index contributed by atoms with van der Waals surface area (Å²) in [5, 5.41) is 1.03. The molecule has 2 N–H and O–H groups in total. The maximum Gasteiger partial charge on any atom is 0.220 e. The third-order valence-corrected chi connectivity index (χ3v) is 2.40. The fourth-order valence-electron chi connectivity index (χ4n) is 1.81. The van der Waals surface area contributed by atoms with Gasteiger partial charge in [-0.15, -0.1) is 0 Å². The monoisotopic (exact) mass is 215 g/mol. The number of hydrogen-bond donors (Lipinski definition) is 1. The summed E-state index contributed by atoms with van der Waals surface area (Å²) in [5.41, 5.74) is 8.08. The standard InChI is InChI=1S/C13H17N3/c1-13(2,3)7-9-4-5-10-8-15-12(14)16-11(10)6-9/h4-6,8H,7H2,1-3H3,(H2,14,15,16). The van der Waals surface area contributed by atoms with Gasteiger partial charge in [-0.2, -0.15) is 0 Å². The van der Waals surface area contributed by atoms with E-state index in [1.54, 1.807) is 6.20 Å². The Balaban J connectivity index is 2.43. The van der Waals surface area contributed by atoms with Crippen LogP contribution in [0.3, 0.4) is 0 Å². The van der Waals surface area contributed by atoms with E-state index < -0.39 is 0 Å². The average Bonchev–Trinajstić information content (AvgIpc) is 2.14. The van der Waals surface area contributed by atoms with E-state index in [0.717, 1.165) is 17.3 Å². The van der Waals surface area contributed by atoms with Crippen molar-refractivity contribution in [1.82, 2.24) is 9.97 Å². The summed E-state index contributed by atoms with van der Waals surface area (Å²) in [6, 6.07) is 6.28. The van der Waals surface area contributed by atoms with Gasteiger partial charge in [0.2, 0.25) is 5.95 Å². The zero-order valence-electron chi connectivity index (χ0n) is 9.99. The first-order valence-electron chi connectivity index (χ1n) is 5.45. The summed E-state index contributed by atoms with van der Waals surface area (Å²) in [6.07, 6.45) is 2.80. The minimum atomic E-state index is 0.284. The predicted octanol–water partition coefficient (Wildman–Crippen LogP) is 2.80. The van der Waals surface area contributed by atoms with Gasteiger partial charge in [0.1, 0.15) is 0 Å². The van der Waals surface area contributed by atoms with Crippen LogP contribution in [0, 0.1) is 5.41 Å². The van der Waals surface area contributed by atoms with Gasteiger partial charge in [-0.1, -0.05) is 32.9 Å². The summed E-state index contributed by atoms with van der Waals surface area (Å²) in [7, 11) is 0. The van der Waals surface area contributed by atoms with E-state index in [4.69, 9.17) is 5.73 Å². The van der Waals surface area contributed by atoms with E-state index in [1.807, 2.05) is 0 Å². The van der Waals surface area contributed by atoms with Crippen LogP contribution in [0.1, 0.15) is 26.3 Å². The van der Waals surface area contributed by atoms with Gasteiger partial charge < -0.3 is 5.73 Å². The van der Waals surface area contributed by atoms with Crippen molar-refractivity contribution in [3.05, 3.63) is 30.0 Å². The van der Waals surface area contributed by atoms with E-state index in [-0.39, 0.29) is 5.41 Å². The molecule has 0 fully saturated rings. The average molecular weight is 215 g/mol. The number of nitrogens with zero attached hydrogens (tertiary/aromatic N) is 2. The zero-order valence-corrected chi connectivity index (χ0v) is 9.99. The van der Waals surface area contributed by atoms with Crippen LogP contribution in [0.2, 0.25) is 0 Å². The molecule has 2 aromatic rings. The van der Waals surface area contributed by atoms with Crippen molar-refractivity contribution in [2.24, 2.45) is 5.41 Å². The molecule has 84 valence electrons. The Morgan fingerprint density at radius 2 is 2.00 bits per heavy atom. The number of nitrogens with two attached hydrogens (primary N) is 1.